The molecule has 0 spiro atoms. The van der Waals surface area contributed by atoms with Crippen LogP contribution < -0.4 is 19.5 Å². The van der Waals surface area contributed by atoms with Gasteiger partial charge in [-0.2, -0.15) is 0 Å². The average molecular weight is 569 g/mol. The second-order valence-corrected chi connectivity index (χ2v) is 11.3. The predicted octanol–water partition coefficient (Wildman–Crippen LogP) is 8.77. The molecule has 1 amide bonds. The third-order valence-electron chi connectivity index (χ3n) is 6.97. The molecule has 6 nitrogen and oxygen atoms in total. The number of hydrogen-bond donors (Lipinski definition) is 1. The molecule has 0 saturated heterocycles. The van der Waals surface area contributed by atoms with Crippen LogP contribution in [0.1, 0.15) is 89.5 Å². The molecule has 0 unspecified atom stereocenters. The lowest BCUT2D eigenvalue weighted by molar-refractivity contribution is -0.118. The van der Waals surface area contributed by atoms with E-state index in [9.17, 15) is 4.79 Å². The second kappa shape index (κ2) is 19.3. The Labute approximate surface area is 245 Å². The molecule has 40 heavy (non-hydrogen) atoms. The van der Waals surface area contributed by atoms with Crippen LogP contribution in [0.5, 0.6) is 17.2 Å². The maximum Gasteiger partial charge on any atom is 0.262 e. The molecule has 0 saturated carbocycles. The van der Waals surface area contributed by atoms with Gasteiger partial charge in [0.25, 0.3) is 5.91 Å². The van der Waals surface area contributed by atoms with Crippen molar-refractivity contribution in [2.75, 3.05) is 31.5 Å². The van der Waals surface area contributed by atoms with Gasteiger partial charge in [0.15, 0.2) is 18.1 Å². The number of nitrogens with one attached hydrogen (secondary N) is 1. The number of carbonyl (C=O) groups excluding carboxylic acids is 1. The van der Waals surface area contributed by atoms with Crippen molar-refractivity contribution < 1.29 is 19.0 Å². The van der Waals surface area contributed by atoms with Gasteiger partial charge in [0.1, 0.15) is 0 Å². The van der Waals surface area contributed by atoms with Gasteiger partial charge in [-0.25, -0.2) is 0 Å². The van der Waals surface area contributed by atoms with E-state index in [0.29, 0.717) is 23.9 Å². The van der Waals surface area contributed by atoms with Crippen molar-refractivity contribution in [2.24, 2.45) is 0 Å². The Morgan fingerprint density at radius 2 is 1.55 bits per heavy atom. The minimum atomic E-state index is -0.219. The topological polar surface area (TPSA) is 60.0 Å². The van der Waals surface area contributed by atoms with Crippen LogP contribution in [0, 0.1) is 0 Å². The first-order valence-electron chi connectivity index (χ1n) is 15.0. The molecule has 1 heterocycles. The molecular formula is C33H48N2O4S. The fourth-order valence-electron chi connectivity index (χ4n) is 4.76. The van der Waals surface area contributed by atoms with Crippen LogP contribution in [-0.2, 0) is 11.3 Å². The van der Waals surface area contributed by atoms with Crippen molar-refractivity contribution in [3.8, 4) is 17.2 Å². The molecule has 0 atom stereocenters. The van der Waals surface area contributed by atoms with Crippen molar-refractivity contribution in [3.05, 3.63) is 59.6 Å². The minimum Gasteiger partial charge on any atom is -0.493 e. The van der Waals surface area contributed by atoms with Crippen LogP contribution in [0.4, 0.5) is 5.69 Å². The van der Waals surface area contributed by atoms with Gasteiger partial charge in [-0.1, -0.05) is 95.8 Å². The normalized spacial score (nSPS) is 12.5. The number of methoxy groups -OCH3 is 1. The standard InChI is InChI=1S/C33H48N2O4S/c1-3-4-5-6-7-8-9-10-11-12-13-14-22-38-33-30(37-2)19-16-20-31(33)39-26-32(36)34-29-18-15-17-28(24-29)25-35-21-23-40-27-35/h15-21,23-24H,3-14,22,25-27H2,1-2H3,(H,34,36). The first-order valence-corrected chi connectivity index (χ1v) is 16.1. The zero-order chi connectivity index (χ0) is 28.3. The molecule has 1 aliphatic heterocycles. The fraction of sp³-hybridized carbons (Fsp3) is 0.545. The molecule has 0 fully saturated rings. The van der Waals surface area contributed by atoms with E-state index in [0.717, 1.165) is 36.5 Å². The van der Waals surface area contributed by atoms with Gasteiger partial charge in [0, 0.05) is 18.4 Å². The summed E-state index contributed by atoms with van der Waals surface area (Å²) in [6.45, 7) is 3.56. The smallest absolute Gasteiger partial charge is 0.262 e. The second-order valence-electron chi connectivity index (χ2n) is 10.4. The number of thioether (sulfide) groups is 1. The highest BCUT2D eigenvalue weighted by Gasteiger charge is 2.14. The number of anilines is 1. The van der Waals surface area contributed by atoms with Crippen molar-refractivity contribution in [1.82, 2.24) is 4.90 Å². The maximum absolute atomic E-state index is 12.7. The van der Waals surface area contributed by atoms with E-state index in [1.165, 1.54) is 64.2 Å². The summed E-state index contributed by atoms with van der Waals surface area (Å²) < 4.78 is 17.5. The Morgan fingerprint density at radius 3 is 2.23 bits per heavy atom. The van der Waals surface area contributed by atoms with Crippen molar-refractivity contribution in [3.63, 3.8) is 0 Å². The number of rotatable bonds is 21. The summed E-state index contributed by atoms with van der Waals surface area (Å²) in [6, 6.07) is 13.4. The molecular weight excluding hydrogens is 520 g/mol. The number of nitrogens with zero attached hydrogens (tertiary/aromatic N) is 1. The molecule has 2 aromatic rings. The van der Waals surface area contributed by atoms with E-state index in [1.807, 2.05) is 36.4 Å². The molecule has 3 rings (SSSR count). The zero-order valence-electron chi connectivity index (χ0n) is 24.5. The molecule has 7 heteroatoms. The van der Waals surface area contributed by atoms with E-state index in [4.69, 9.17) is 14.2 Å². The van der Waals surface area contributed by atoms with Crippen LogP contribution in [0.3, 0.4) is 0 Å². The lowest BCUT2D eigenvalue weighted by Gasteiger charge is -2.16. The number of carbonyl (C=O) groups is 1. The highest BCUT2D eigenvalue weighted by molar-refractivity contribution is 8.02. The monoisotopic (exact) mass is 568 g/mol. The Balaban J connectivity index is 1.35. The van der Waals surface area contributed by atoms with Gasteiger partial charge in [0.05, 0.1) is 19.6 Å². The molecule has 1 aliphatic rings. The first kappa shape index (κ1) is 31.7. The van der Waals surface area contributed by atoms with Gasteiger partial charge in [-0.3, -0.25) is 4.79 Å². The number of benzene rings is 2. The zero-order valence-corrected chi connectivity index (χ0v) is 25.3. The molecule has 2 aromatic carbocycles. The van der Waals surface area contributed by atoms with Crippen LogP contribution in [-0.4, -0.2) is 37.0 Å². The third-order valence-corrected chi connectivity index (χ3v) is 7.77. The van der Waals surface area contributed by atoms with E-state index in [-0.39, 0.29) is 12.5 Å². The van der Waals surface area contributed by atoms with E-state index >= 15 is 0 Å². The summed E-state index contributed by atoms with van der Waals surface area (Å²) in [7, 11) is 1.62. The van der Waals surface area contributed by atoms with Crippen LogP contribution >= 0.6 is 11.8 Å². The van der Waals surface area contributed by atoms with E-state index in [1.54, 1.807) is 18.9 Å². The molecule has 1 N–H and O–H groups in total. The first-order chi connectivity index (χ1) is 19.7. The summed E-state index contributed by atoms with van der Waals surface area (Å²) in [5.41, 5.74) is 1.91. The molecule has 220 valence electrons. The SMILES string of the molecule is CCCCCCCCCCCCCCOc1c(OC)cccc1OCC(=O)Nc1cccc(CN2C=CSC2)c1. The fourth-order valence-corrected chi connectivity index (χ4v) is 5.47. The van der Waals surface area contributed by atoms with Gasteiger partial charge in [-0.05, 0) is 41.7 Å². The summed E-state index contributed by atoms with van der Waals surface area (Å²) in [4.78, 5) is 14.9. The highest BCUT2D eigenvalue weighted by Crippen LogP contribution is 2.37. The lowest BCUT2D eigenvalue weighted by Crippen LogP contribution is -2.20. The molecule has 0 aliphatic carbocycles. The Bertz CT molecular complexity index is 1030. The predicted molar refractivity (Wildman–Crippen MR) is 167 cm³/mol. The average Bonchev–Trinajstić information content (AvgIpc) is 3.48. The van der Waals surface area contributed by atoms with Gasteiger partial charge >= 0.3 is 0 Å². The summed E-state index contributed by atoms with van der Waals surface area (Å²) in [6.07, 6.45) is 17.7. The van der Waals surface area contributed by atoms with Crippen LogP contribution in [0.2, 0.25) is 0 Å². The van der Waals surface area contributed by atoms with Gasteiger partial charge in [0.2, 0.25) is 5.75 Å². The van der Waals surface area contributed by atoms with E-state index in [2.05, 4.69) is 34.8 Å². The summed E-state index contributed by atoms with van der Waals surface area (Å²) in [5.74, 6) is 2.41. The largest absolute Gasteiger partial charge is 0.493 e. The quantitative estimate of drug-likeness (QED) is 0.152. The van der Waals surface area contributed by atoms with Crippen LogP contribution in [0.25, 0.3) is 0 Å². The molecule has 0 radical (unpaired) electrons. The number of para-hydroxylation sites is 1. The van der Waals surface area contributed by atoms with Crippen molar-refractivity contribution >= 4 is 23.4 Å². The third kappa shape index (κ3) is 12.2. The number of unbranched alkanes of at least 4 members (excludes halogenated alkanes) is 11. The van der Waals surface area contributed by atoms with E-state index < -0.39 is 0 Å². The maximum atomic E-state index is 12.7. The van der Waals surface area contributed by atoms with Crippen molar-refractivity contribution in [1.29, 1.82) is 0 Å². The Kier molecular flexibility index (Phi) is 15.3. The number of amides is 1. The number of ether oxygens (including phenoxy) is 3. The highest BCUT2D eigenvalue weighted by atomic mass is 32.2. The Hall–Kier alpha value is -2.80. The van der Waals surface area contributed by atoms with Crippen molar-refractivity contribution in [2.45, 2.75) is 90.5 Å². The Morgan fingerprint density at radius 1 is 0.875 bits per heavy atom. The summed E-state index contributed by atoms with van der Waals surface area (Å²) >= 11 is 1.78. The molecule has 0 bridgehead atoms. The van der Waals surface area contributed by atoms with Gasteiger partial charge in [-0.15, -0.1) is 11.8 Å². The van der Waals surface area contributed by atoms with Gasteiger partial charge < -0.3 is 24.4 Å². The minimum absolute atomic E-state index is 0.113. The molecule has 0 aromatic heterocycles. The lowest BCUT2D eigenvalue weighted by atomic mass is 10.1. The summed E-state index contributed by atoms with van der Waals surface area (Å²) in [5, 5.41) is 5.04. The van der Waals surface area contributed by atoms with Crippen LogP contribution in [0.15, 0.2) is 54.1 Å². The number of hydrogen-bond acceptors (Lipinski definition) is 6.